The number of nitrogens with zero attached hydrogens (tertiary/aromatic N) is 3. The van der Waals surface area contributed by atoms with Gasteiger partial charge in [0.1, 0.15) is 10.8 Å². The smallest absolute Gasteiger partial charge is 0.254 e. The van der Waals surface area contributed by atoms with Gasteiger partial charge in [-0.2, -0.15) is 0 Å². The van der Waals surface area contributed by atoms with E-state index < -0.39 is 5.82 Å². The topological polar surface area (TPSA) is 36.4 Å². The van der Waals surface area contributed by atoms with Gasteiger partial charge in [-0.3, -0.25) is 9.69 Å². The van der Waals surface area contributed by atoms with Crippen LogP contribution >= 0.6 is 27.3 Å². The molecule has 1 saturated heterocycles. The van der Waals surface area contributed by atoms with Gasteiger partial charge in [0.05, 0.1) is 5.69 Å². The largest absolute Gasteiger partial charge is 0.336 e. The Hall–Kier alpha value is -2.09. The molecule has 1 aliphatic rings. The zero-order chi connectivity index (χ0) is 19.5. The van der Waals surface area contributed by atoms with Gasteiger partial charge in [0.15, 0.2) is 0 Å². The molecular formula is C21H19BrFN3OS. The van der Waals surface area contributed by atoms with E-state index in [1.165, 1.54) is 12.1 Å². The number of rotatable bonds is 4. The van der Waals surface area contributed by atoms with E-state index in [0.29, 0.717) is 23.1 Å². The Morgan fingerprint density at radius 3 is 2.57 bits per heavy atom. The van der Waals surface area contributed by atoms with E-state index >= 15 is 0 Å². The molecule has 0 spiro atoms. The fourth-order valence-corrected chi connectivity index (χ4v) is 4.57. The summed E-state index contributed by atoms with van der Waals surface area (Å²) in [5.41, 5.74) is 2.57. The van der Waals surface area contributed by atoms with Gasteiger partial charge in [0, 0.05) is 53.7 Å². The van der Waals surface area contributed by atoms with Crippen molar-refractivity contribution in [2.24, 2.45) is 0 Å². The average Bonchev–Trinajstić information content (AvgIpc) is 3.16. The first-order chi connectivity index (χ1) is 13.6. The molecule has 2 aromatic carbocycles. The molecule has 0 N–H and O–H groups in total. The van der Waals surface area contributed by atoms with Crippen molar-refractivity contribution in [1.29, 1.82) is 0 Å². The predicted molar refractivity (Wildman–Crippen MR) is 113 cm³/mol. The first-order valence-electron chi connectivity index (χ1n) is 9.06. The van der Waals surface area contributed by atoms with Crippen molar-refractivity contribution in [3.8, 4) is 10.6 Å². The second-order valence-corrected chi connectivity index (χ2v) is 8.51. The highest BCUT2D eigenvalue weighted by Crippen LogP contribution is 2.24. The lowest BCUT2D eigenvalue weighted by atomic mass is 10.1. The molecule has 0 aliphatic carbocycles. The molecule has 4 nitrogen and oxygen atoms in total. The highest BCUT2D eigenvalue weighted by molar-refractivity contribution is 9.10. The van der Waals surface area contributed by atoms with Crippen LogP contribution in [-0.4, -0.2) is 46.9 Å². The van der Waals surface area contributed by atoms with Crippen LogP contribution in [0.25, 0.3) is 10.6 Å². The monoisotopic (exact) mass is 459 g/mol. The molecule has 7 heteroatoms. The van der Waals surface area contributed by atoms with Gasteiger partial charge < -0.3 is 4.90 Å². The SMILES string of the molecule is O=C(c1cc(F)cc(Br)c1)N1CCN(Cc2csc(-c3ccccc3)n2)CC1. The maximum atomic E-state index is 13.6. The predicted octanol–water partition coefficient (Wildman–Crippen LogP) is 4.67. The second-order valence-electron chi connectivity index (χ2n) is 6.74. The Kier molecular flexibility index (Phi) is 5.85. The van der Waals surface area contributed by atoms with Crippen LogP contribution in [0.1, 0.15) is 16.1 Å². The number of carbonyl (C=O) groups excluding carboxylic acids is 1. The minimum Gasteiger partial charge on any atom is -0.336 e. The number of halogens is 2. The molecular weight excluding hydrogens is 441 g/mol. The van der Waals surface area contributed by atoms with E-state index in [4.69, 9.17) is 4.98 Å². The Morgan fingerprint density at radius 2 is 1.86 bits per heavy atom. The van der Waals surface area contributed by atoms with Crippen molar-refractivity contribution in [2.45, 2.75) is 6.54 Å². The van der Waals surface area contributed by atoms with E-state index in [0.717, 1.165) is 35.9 Å². The quantitative estimate of drug-likeness (QED) is 0.568. The lowest BCUT2D eigenvalue weighted by molar-refractivity contribution is 0.0626. The van der Waals surface area contributed by atoms with E-state index in [2.05, 4.69) is 38.3 Å². The molecule has 1 fully saturated rings. The third kappa shape index (κ3) is 4.48. The zero-order valence-electron chi connectivity index (χ0n) is 15.1. The number of benzene rings is 2. The van der Waals surface area contributed by atoms with Crippen LogP contribution in [0, 0.1) is 5.82 Å². The molecule has 1 aliphatic heterocycles. The number of hydrogen-bond donors (Lipinski definition) is 0. The summed E-state index contributed by atoms with van der Waals surface area (Å²) < 4.78 is 14.1. The maximum Gasteiger partial charge on any atom is 0.254 e. The average molecular weight is 460 g/mol. The summed E-state index contributed by atoms with van der Waals surface area (Å²) in [6.45, 7) is 3.59. The Labute approximate surface area is 175 Å². The van der Waals surface area contributed by atoms with E-state index in [1.54, 1.807) is 22.3 Å². The molecule has 0 unspecified atom stereocenters. The number of thiazole rings is 1. The minimum atomic E-state index is -0.408. The van der Waals surface area contributed by atoms with Crippen LogP contribution in [0.15, 0.2) is 58.4 Å². The van der Waals surface area contributed by atoms with Gasteiger partial charge in [0.2, 0.25) is 0 Å². The highest BCUT2D eigenvalue weighted by Gasteiger charge is 2.23. The zero-order valence-corrected chi connectivity index (χ0v) is 17.5. The first kappa shape index (κ1) is 19.2. The Morgan fingerprint density at radius 1 is 1.11 bits per heavy atom. The fraction of sp³-hybridized carbons (Fsp3) is 0.238. The number of aromatic nitrogens is 1. The first-order valence-corrected chi connectivity index (χ1v) is 10.7. The maximum absolute atomic E-state index is 13.6. The second kappa shape index (κ2) is 8.51. The molecule has 0 radical (unpaired) electrons. The molecule has 0 bridgehead atoms. The number of piperazine rings is 1. The molecule has 1 amide bonds. The molecule has 4 rings (SSSR count). The lowest BCUT2D eigenvalue weighted by Crippen LogP contribution is -2.48. The third-order valence-electron chi connectivity index (χ3n) is 4.73. The Balaban J connectivity index is 1.34. The number of amides is 1. The molecule has 0 atom stereocenters. The van der Waals surface area contributed by atoms with Crippen LogP contribution in [0.2, 0.25) is 0 Å². The number of hydrogen-bond acceptors (Lipinski definition) is 4. The molecule has 0 saturated carbocycles. The van der Waals surface area contributed by atoms with Crippen molar-refractivity contribution in [3.63, 3.8) is 0 Å². The van der Waals surface area contributed by atoms with Crippen LogP contribution in [0.3, 0.4) is 0 Å². The van der Waals surface area contributed by atoms with Gasteiger partial charge in [-0.15, -0.1) is 11.3 Å². The summed E-state index contributed by atoms with van der Waals surface area (Å²) in [5.74, 6) is -0.533. The van der Waals surface area contributed by atoms with E-state index in [1.807, 2.05) is 18.2 Å². The van der Waals surface area contributed by atoms with Gasteiger partial charge >= 0.3 is 0 Å². The van der Waals surface area contributed by atoms with Gasteiger partial charge in [-0.25, -0.2) is 9.37 Å². The van der Waals surface area contributed by atoms with Crippen LogP contribution < -0.4 is 0 Å². The summed E-state index contributed by atoms with van der Waals surface area (Å²) in [6, 6.07) is 14.5. The normalized spacial score (nSPS) is 15.0. The van der Waals surface area contributed by atoms with Gasteiger partial charge in [-0.1, -0.05) is 46.3 Å². The summed E-state index contributed by atoms with van der Waals surface area (Å²) in [5, 5.41) is 3.13. The van der Waals surface area contributed by atoms with Gasteiger partial charge in [-0.05, 0) is 18.2 Å². The van der Waals surface area contributed by atoms with Crippen molar-refractivity contribution < 1.29 is 9.18 Å². The van der Waals surface area contributed by atoms with Crippen molar-refractivity contribution in [3.05, 3.63) is 75.5 Å². The van der Waals surface area contributed by atoms with Crippen LogP contribution in [0.5, 0.6) is 0 Å². The summed E-state index contributed by atoms with van der Waals surface area (Å²) >= 11 is 4.90. The summed E-state index contributed by atoms with van der Waals surface area (Å²) in [4.78, 5) is 21.5. The molecule has 28 heavy (non-hydrogen) atoms. The number of carbonyl (C=O) groups is 1. The van der Waals surface area contributed by atoms with Crippen molar-refractivity contribution in [1.82, 2.24) is 14.8 Å². The molecule has 1 aromatic heterocycles. The summed E-state index contributed by atoms with van der Waals surface area (Å²) in [6.07, 6.45) is 0. The standard InChI is InChI=1S/C21H19BrFN3OS/c22-17-10-16(11-18(23)12-17)21(27)26-8-6-25(7-9-26)13-19-14-28-20(24-19)15-4-2-1-3-5-15/h1-5,10-12,14H,6-9,13H2. The Bertz CT molecular complexity index is 951. The van der Waals surface area contributed by atoms with Crippen LogP contribution in [-0.2, 0) is 6.54 Å². The van der Waals surface area contributed by atoms with E-state index in [-0.39, 0.29) is 5.91 Å². The van der Waals surface area contributed by atoms with Crippen molar-refractivity contribution in [2.75, 3.05) is 26.2 Å². The van der Waals surface area contributed by atoms with Crippen molar-refractivity contribution >= 4 is 33.2 Å². The fourth-order valence-electron chi connectivity index (χ4n) is 3.29. The third-order valence-corrected chi connectivity index (χ3v) is 6.13. The van der Waals surface area contributed by atoms with Gasteiger partial charge in [0.25, 0.3) is 5.91 Å². The molecule has 2 heterocycles. The highest BCUT2D eigenvalue weighted by atomic mass is 79.9. The molecule has 3 aromatic rings. The molecule has 144 valence electrons. The van der Waals surface area contributed by atoms with Crippen LogP contribution in [0.4, 0.5) is 4.39 Å². The summed E-state index contributed by atoms with van der Waals surface area (Å²) in [7, 11) is 0. The van der Waals surface area contributed by atoms with E-state index in [9.17, 15) is 9.18 Å². The minimum absolute atomic E-state index is 0.125. The lowest BCUT2D eigenvalue weighted by Gasteiger charge is -2.34.